The minimum Gasteiger partial charge on any atom is -0.373 e. The van der Waals surface area contributed by atoms with Crippen LogP contribution < -0.4 is 5.73 Å². The number of nitrogens with zero attached hydrogens (tertiary/aromatic N) is 3. The smallest absolute Gasteiger partial charge is 0.153 e. The lowest BCUT2D eigenvalue weighted by Gasteiger charge is -2.19. The molecule has 0 saturated carbocycles. The van der Waals surface area contributed by atoms with Gasteiger partial charge in [0, 0.05) is 7.05 Å². The van der Waals surface area contributed by atoms with E-state index in [1.54, 1.807) is 4.68 Å². The maximum atomic E-state index is 6.15. The van der Waals surface area contributed by atoms with Crippen LogP contribution in [0.2, 0.25) is 0 Å². The van der Waals surface area contributed by atoms with Crippen LogP contribution in [0.25, 0.3) is 0 Å². The predicted molar refractivity (Wildman–Crippen MR) is 59.2 cm³/mol. The van der Waals surface area contributed by atoms with Crippen LogP contribution in [-0.2, 0) is 11.8 Å². The average molecular weight is 275 g/mol. The summed E-state index contributed by atoms with van der Waals surface area (Å²) in [5.74, 6) is 0. The van der Waals surface area contributed by atoms with Crippen LogP contribution in [0.3, 0.4) is 0 Å². The van der Waals surface area contributed by atoms with Gasteiger partial charge < -0.3 is 10.5 Å². The van der Waals surface area contributed by atoms with E-state index in [2.05, 4.69) is 33.2 Å². The molecule has 84 valence electrons. The minimum atomic E-state index is -0.163. The number of ether oxygens (including phenoxy) is 1. The summed E-state index contributed by atoms with van der Waals surface area (Å²) >= 11 is 3.35. The molecule has 15 heavy (non-hydrogen) atoms. The molecule has 1 saturated heterocycles. The van der Waals surface area contributed by atoms with Crippen molar-refractivity contribution in [2.24, 2.45) is 12.8 Å². The predicted octanol–water partition coefficient (Wildman–Crippen LogP) is 1.14. The molecule has 2 rings (SSSR count). The number of halogens is 1. The van der Waals surface area contributed by atoms with Crippen molar-refractivity contribution in [2.45, 2.75) is 38.0 Å². The van der Waals surface area contributed by atoms with Crippen molar-refractivity contribution in [1.82, 2.24) is 15.0 Å². The Labute approximate surface area is 97.1 Å². The topological polar surface area (TPSA) is 66.0 Å². The van der Waals surface area contributed by atoms with Crippen molar-refractivity contribution in [3.63, 3.8) is 0 Å². The third-order valence-corrected chi connectivity index (χ3v) is 3.37. The molecule has 1 aliphatic rings. The van der Waals surface area contributed by atoms with E-state index < -0.39 is 0 Å². The molecular weight excluding hydrogens is 260 g/mol. The number of aryl methyl sites for hydroxylation is 1. The van der Waals surface area contributed by atoms with Gasteiger partial charge >= 0.3 is 0 Å². The largest absolute Gasteiger partial charge is 0.373 e. The lowest BCUT2D eigenvalue weighted by molar-refractivity contribution is 0.0384. The van der Waals surface area contributed by atoms with Crippen LogP contribution in [0, 0.1) is 0 Å². The van der Waals surface area contributed by atoms with Gasteiger partial charge in [0.15, 0.2) is 4.60 Å². The van der Waals surface area contributed by atoms with E-state index in [4.69, 9.17) is 10.5 Å². The average Bonchev–Trinajstić information content (AvgIpc) is 2.73. The van der Waals surface area contributed by atoms with Crippen molar-refractivity contribution in [2.75, 3.05) is 0 Å². The van der Waals surface area contributed by atoms with Crippen LogP contribution in [-0.4, -0.2) is 27.2 Å². The number of rotatable bonds is 2. The zero-order valence-corrected chi connectivity index (χ0v) is 10.4. The second-order valence-electron chi connectivity index (χ2n) is 3.98. The summed E-state index contributed by atoms with van der Waals surface area (Å²) in [6, 6.07) is -0.163. The molecule has 1 aromatic rings. The molecule has 0 bridgehead atoms. The Morgan fingerprint density at radius 2 is 2.33 bits per heavy atom. The van der Waals surface area contributed by atoms with Crippen molar-refractivity contribution < 1.29 is 4.74 Å². The highest BCUT2D eigenvalue weighted by Gasteiger charge is 2.31. The first kappa shape index (κ1) is 11.0. The molecular formula is C9H15BrN4O. The Balaban J connectivity index is 2.17. The second-order valence-corrected chi connectivity index (χ2v) is 4.73. The fraction of sp³-hybridized carbons (Fsp3) is 0.778. The molecule has 6 heteroatoms. The molecule has 1 fully saturated rings. The Kier molecular flexibility index (Phi) is 3.08. The fourth-order valence-corrected chi connectivity index (χ4v) is 2.56. The molecule has 0 aliphatic carbocycles. The number of nitrogens with two attached hydrogens (primary N) is 1. The molecule has 0 spiro atoms. The Morgan fingerprint density at radius 3 is 2.80 bits per heavy atom. The molecule has 0 amide bonds. The summed E-state index contributed by atoms with van der Waals surface area (Å²) in [7, 11) is 1.84. The van der Waals surface area contributed by atoms with Gasteiger partial charge in [-0.3, -0.25) is 0 Å². The first-order valence-corrected chi connectivity index (χ1v) is 5.85. The highest BCUT2D eigenvalue weighted by Crippen LogP contribution is 2.30. The summed E-state index contributed by atoms with van der Waals surface area (Å²) in [6.45, 7) is 2.07. The first-order chi connectivity index (χ1) is 7.09. The van der Waals surface area contributed by atoms with Gasteiger partial charge in [-0.25, -0.2) is 4.68 Å². The molecule has 0 aromatic carbocycles. The zero-order chi connectivity index (χ0) is 11.0. The lowest BCUT2D eigenvalue weighted by atomic mass is 10.1. The van der Waals surface area contributed by atoms with Crippen molar-refractivity contribution in [3.05, 3.63) is 10.3 Å². The Morgan fingerprint density at radius 1 is 1.60 bits per heavy atom. The van der Waals surface area contributed by atoms with Crippen LogP contribution in [0.15, 0.2) is 4.60 Å². The van der Waals surface area contributed by atoms with Crippen LogP contribution in [0.1, 0.15) is 31.5 Å². The molecule has 1 aliphatic heterocycles. The van der Waals surface area contributed by atoms with E-state index in [1.165, 1.54) is 0 Å². The molecule has 3 unspecified atom stereocenters. The van der Waals surface area contributed by atoms with Crippen molar-refractivity contribution >= 4 is 15.9 Å². The van der Waals surface area contributed by atoms with Gasteiger partial charge in [-0.05, 0) is 35.7 Å². The minimum absolute atomic E-state index is 0.0773. The molecule has 2 N–H and O–H groups in total. The number of hydrogen-bond acceptors (Lipinski definition) is 4. The highest BCUT2D eigenvalue weighted by atomic mass is 79.9. The summed E-state index contributed by atoms with van der Waals surface area (Å²) < 4.78 is 8.15. The first-order valence-electron chi connectivity index (χ1n) is 5.05. The van der Waals surface area contributed by atoms with E-state index in [9.17, 15) is 0 Å². The maximum Gasteiger partial charge on any atom is 0.153 e. The fourth-order valence-electron chi connectivity index (χ4n) is 1.97. The SMILES string of the molecule is CC1CCC(C(N)c2c(Br)nnn2C)O1. The van der Waals surface area contributed by atoms with Gasteiger partial charge in [0.1, 0.15) is 0 Å². The zero-order valence-electron chi connectivity index (χ0n) is 8.85. The van der Waals surface area contributed by atoms with Gasteiger partial charge in [-0.1, -0.05) is 5.21 Å². The Bertz CT molecular complexity index is 334. The lowest BCUT2D eigenvalue weighted by Crippen LogP contribution is -2.28. The van der Waals surface area contributed by atoms with Gasteiger partial charge in [-0.15, -0.1) is 5.10 Å². The number of hydrogen-bond donors (Lipinski definition) is 1. The third-order valence-electron chi connectivity index (χ3n) is 2.81. The molecule has 5 nitrogen and oxygen atoms in total. The van der Waals surface area contributed by atoms with E-state index in [1.807, 2.05) is 7.05 Å². The summed E-state index contributed by atoms with van der Waals surface area (Å²) in [6.07, 6.45) is 2.45. The van der Waals surface area contributed by atoms with E-state index >= 15 is 0 Å². The Hall–Kier alpha value is -0.460. The van der Waals surface area contributed by atoms with Crippen LogP contribution >= 0.6 is 15.9 Å². The van der Waals surface area contributed by atoms with Gasteiger partial charge in [0.2, 0.25) is 0 Å². The third kappa shape index (κ3) is 2.07. The summed E-state index contributed by atoms with van der Waals surface area (Å²) in [5, 5.41) is 7.83. The number of aromatic nitrogens is 3. The molecule has 3 atom stereocenters. The molecule has 2 heterocycles. The monoisotopic (exact) mass is 274 g/mol. The normalized spacial score (nSPS) is 28.3. The van der Waals surface area contributed by atoms with Crippen molar-refractivity contribution in [3.8, 4) is 0 Å². The maximum absolute atomic E-state index is 6.15. The van der Waals surface area contributed by atoms with E-state index in [0.29, 0.717) is 10.7 Å². The van der Waals surface area contributed by atoms with Gasteiger partial charge in [0.05, 0.1) is 23.9 Å². The van der Waals surface area contributed by atoms with Crippen molar-refractivity contribution in [1.29, 1.82) is 0 Å². The standard InChI is InChI=1S/C9H15BrN4O/c1-5-3-4-6(15-5)7(11)8-9(10)12-13-14(8)2/h5-7H,3-4,11H2,1-2H3. The quantitative estimate of drug-likeness (QED) is 0.879. The van der Waals surface area contributed by atoms with Crippen LogP contribution in [0.4, 0.5) is 0 Å². The second kappa shape index (κ2) is 4.19. The summed E-state index contributed by atoms with van der Waals surface area (Å²) in [5.41, 5.74) is 7.05. The van der Waals surface area contributed by atoms with Crippen LogP contribution in [0.5, 0.6) is 0 Å². The highest BCUT2D eigenvalue weighted by molar-refractivity contribution is 9.10. The van der Waals surface area contributed by atoms with Gasteiger partial charge in [-0.2, -0.15) is 0 Å². The molecule has 1 aromatic heterocycles. The van der Waals surface area contributed by atoms with E-state index in [0.717, 1.165) is 18.5 Å². The molecule has 0 radical (unpaired) electrons. The van der Waals surface area contributed by atoms with Gasteiger partial charge in [0.25, 0.3) is 0 Å². The summed E-state index contributed by atoms with van der Waals surface area (Å²) in [4.78, 5) is 0. The van der Waals surface area contributed by atoms with E-state index in [-0.39, 0.29) is 12.1 Å².